The maximum absolute atomic E-state index is 12.8. The van der Waals surface area contributed by atoms with Crippen molar-refractivity contribution in [3.05, 3.63) is 64.2 Å². The average molecular weight is 494 g/mol. The number of sulfonamides is 1. The van der Waals surface area contributed by atoms with Gasteiger partial charge in [0.25, 0.3) is 5.91 Å². The van der Waals surface area contributed by atoms with Gasteiger partial charge in [-0.05, 0) is 17.7 Å². The Balaban J connectivity index is 1.74. The van der Waals surface area contributed by atoms with Gasteiger partial charge in [0.1, 0.15) is 0 Å². The molecule has 1 saturated heterocycles. The number of methoxy groups -OCH3 is 1. The number of benzene rings is 2. The number of rotatable bonds is 11. The second-order valence-electron chi connectivity index (χ2n) is 7.49. The fourth-order valence-electron chi connectivity index (χ4n) is 3.39. The Morgan fingerprint density at radius 2 is 1.88 bits per heavy atom. The standard InChI is InChI=1S/C22H27N3O8S/c1-31-12-9-23(16-18-5-3-2-4-6-18)22(26)17-33-21-8-7-19(15-20(21)25(27)28)34(29,30)24-10-13-32-14-11-24/h2-8,15H,9-14,16-17H2,1H3. The highest BCUT2D eigenvalue weighted by molar-refractivity contribution is 7.89. The van der Waals surface area contributed by atoms with Gasteiger partial charge in [-0.15, -0.1) is 0 Å². The molecule has 11 nitrogen and oxygen atoms in total. The summed E-state index contributed by atoms with van der Waals surface area (Å²) in [6, 6.07) is 12.8. The molecule has 0 aromatic heterocycles. The van der Waals surface area contributed by atoms with Crippen molar-refractivity contribution in [2.45, 2.75) is 11.4 Å². The fraction of sp³-hybridized carbons (Fsp3) is 0.409. The molecule has 12 heteroatoms. The highest BCUT2D eigenvalue weighted by Crippen LogP contribution is 2.31. The van der Waals surface area contributed by atoms with Crippen molar-refractivity contribution < 1.29 is 32.3 Å². The van der Waals surface area contributed by atoms with Crippen LogP contribution in [0.3, 0.4) is 0 Å². The minimum absolute atomic E-state index is 0.168. The van der Waals surface area contributed by atoms with Gasteiger partial charge in [-0.3, -0.25) is 14.9 Å². The normalized spacial score (nSPS) is 14.5. The zero-order valence-corrected chi connectivity index (χ0v) is 19.6. The lowest BCUT2D eigenvalue weighted by atomic mass is 10.2. The second-order valence-corrected chi connectivity index (χ2v) is 9.42. The Bertz CT molecular complexity index is 1090. The molecule has 1 heterocycles. The van der Waals surface area contributed by atoms with Gasteiger partial charge in [0.05, 0.1) is 29.6 Å². The first-order valence-electron chi connectivity index (χ1n) is 10.6. The molecule has 0 bridgehead atoms. The SMILES string of the molecule is COCCN(Cc1ccccc1)C(=O)COc1ccc(S(=O)(=O)N2CCOCC2)cc1[N+](=O)[O-]. The topological polar surface area (TPSA) is 129 Å². The largest absolute Gasteiger partial charge is 0.477 e. The average Bonchev–Trinajstić information content (AvgIpc) is 2.86. The molecule has 1 aliphatic heterocycles. The van der Waals surface area contributed by atoms with E-state index in [0.29, 0.717) is 19.7 Å². The summed E-state index contributed by atoms with van der Waals surface area (Å²) < 4.78 is 42.6. The van der Waals surface area contributed by atoms with E-state index in [1.165, 1.54) is 28.4 Å². The van der Waals surface area contributed by atoms with Crippen LogP contribution in [0, 0.1) is 10.1 Å². The van der Waals surface area contributed by atoms with Crippen molar-refractivity contribution in [1.82, 2.24) is 9.21 Å². The van der Waals surface area contributed by atoms with Gasteiger partial charge in [0, 0.05) is 39.4 Å². The van der Waals surface area contributed by atoms with Crippen LogP contribution in [0.25, 0.3) is 0 Å². The molecule has 1 fully saturated rings. The van der Waals surface area contributed by atoms with E-state index < -0.39 is 27.2 Å². The van der Waals surface area contributed by atoms with E-state index in [1.54, 1.807) is 0 Å². The van der Waals surface area contributed by atoms with Crippen molar-refractivity contribution in [2.24, 2.45) is 0 Å². The lowest BCUT2D eigenvalue weighted by Gasteiger charge is -2.26. The molecular weight excluding hydrogens is 466 g/mol. The summed E-state index contributed by atoms with van der Waals surface area (Å²) in [5.74, 6) is -0.578. The van der Waals surface area contributed by atoms with E-state index in [0.717, 1.165) is 11.6 Å². The Kier molecular flexibility index (Phi) is 8.93. The number of carbonyl (C=O) groups excluding carboxylic acids is 1. The molecule has 0 spiro atoms. The molecule has 0 N–H and O–H groups in total. The van der Waals surface area contributed by atoms with Crippen LogP contribution in [0.5, 0.6) is 5.75 Å². The maximum atomic E-state index is 12.8. The summed E-state index contributed by atoms with van der Waals surface area (Å²) in [7, 11) is -2.39. The summed E-state index contributed by atoms with van der Waals surface area (Å²) in [5.41, 5.74) is 0.379. The molecule has 0 aliphatic carbocycles. The third kappa shape index (κ3) is 6.50. The van der Waals surface area contributed by atoms with Crippen LogP contribution in [-0.4, -0.2) is 81.6 Å². The van der Waals surface area contributed by atoms with E-state index in [-0.39, 0.29) is 42.9 Å². The van der Waals surface area contributed by atoms with E-state index in [1.807, 2.05) is 30.3 Å². The lowest BCUT2D eigenvalue weighted by molar-refractivity contribution is -0.386. The molecule has 1 aliphatic rings. The van der Waals surface area contributed by atoms with Gasteiger partial charge in [-0.1, -0.05) is 30.3 Å². The number of hydrogen-bond donors (Lipinski definition) is 0. The molecule has 34 heavy (non-hydrogen) atoms. The first kappa shape index (κ1) is 25.6. The van der Waals surface area contributed by atoms with Crippen LogP contribution < -0.4 is 4.74 Å². The maximum Gasteiger partial charge on any atom is 0.312 e. The number of hydrogen-bond acceptors (Lipinski definition) is 8. The van der Waals surface area contributed by atoms with E-state index >= 15 is 0 Å². The summed E-state index contributed by atoms with van der Waals surface area (Å²) in [4.78, 5) is 25.0. The van der Waals surface area contributed by atoms with Gasteiger partial charge >= 0.3 is 5.69 Å². The second kappa shape index (κ2) is 11.9. The molecule has 2 aromatic rings. The minimum atomic E-state index is -3.92. The van der Waals surface area contributed by atoms with Crippen LogP contribution in [-0.2, 0) is 30.8 Å². The lowest BCUT2D eigenvalue weighted by Crippen LogP contribution is -2.40. The number of amides is 1. The zero-order valence-electron chi connectivity index (χ0n) is 18.8. The van der Waals surface area contributed by atoms with E-state index in [4.69, 9.17) is 14.2 Å². The Hall–Kier alpha value is -3.06. The van der Waals surface area contributed by atoms with Gasteiger partial charge in [0.2, 0.25) is 10.0 Å². The number of nitro groups is 1. The van der Waals surface area contributed by atoms with Crippen molar-refractivity contribution in [3.8, 4) is 5.75 Å². The summed E-state index contributed by atoms with van der Waals surface area (Å²) in [5, 5.41) is 11.6. The number of nitro benzene ring substituents is 1. The van der Waals surface area contributed by atoms with Crippen LogP contribution in [0.4, 0.5) is 5.69 Å². The number of nitrogens with zero attached hydrogens (tertiary/aromatic N) is 3. The Morgan fingerprint density at radius 1 is 1.18 bits per heavy atom. The first-order chi connectivity index (χ1) is 16.3. The summed E-state index contributed by atoms with van der Waals surface area (Å²) in [6.45, 7) is 1.35. The molecule has 1 amide bonds. The molecule has 0 unspecified atom stereocenters. The molecule has 184 valence electrons. The van der Waals surface area contributed by atoms with Crippen LogP contribution in [0.15, 0.2) is 53.4 Å². The van der Waals surface area contributed by atoms with Gasteiger partial charge in [-0.2, -0.15) is 4.31 Å². The molecule has 0 radical (unpaired) electrons. The predicted octanol–water partition coefficient (Wildman–Crippen LogP) is 1.67. The highest BCUT2D eigenvalue weighted by Gasteiger charge is 2.29. The quantitative estimate of drug-likeness (QED) is 0.342. The molecule has 0 saturated carbocycles. The predicted molar refractivity (Wildman–Crippen MR) is 122 cm³/mol. The minimum Gasteiger partial charge on any atom is -0.477 e. The zero-order chi connectivity index (χ0) is 24.6. The monoisotopic (exact) mass is 493 g/mol. The Labute approximate surface area is 198 Å². The van der Waals surface area contributed by atoms with Gasteiger partial charge < -0.3 is 19.1 Å². The van der Waals surface area contributed by atoms with E-state index in [2.05, 4.69) is 0 Å². The number of morpholine rings is 1. The number of carbonyl (C=O) groups is 1. The summed E-state index contributed by atoms with van der Waals surface area (Å²) in [6.07, 6.45) is 0. The van der Waals surface area contributed by atoms with Crippen LogP contribution in [0.2, 0.25) is 0 Å². The van der Waals surface area contributed by atoms with Crippen molar-refractivity contribution in [1.29, 1.82) is 0 Å². The third-order valence-electron chi connectivity index (χ3n) is 5.22. The smallest absolute Gasteiger partial charge is 0.312 e. The van der Waals surface area contributed by atoms with Crippen LogP contribution in [0.1, 0.15) is 5.56 Å². The third-order valence-corrected chi connectivity index (χ3v) is 7.12. The van der Waals surface area contributed by atoms with Gasteiger partial charge in [-0.25, -0.2) is 8.42 Å². The first-order valence-corrected chi connectivity index (χ1v) is 12.1. The molecular formula is C22H27N3O8S. The van der Waals surface area contributed by atoms with Crippen LogP contribution >= 0.6 is 0 Å². The summed E-state index contributed by atoms with van der Waals surface area (Å²) >= 11 is 0. The van der Waals surface area contributed by atoms with Crippen molar-refractivity contribution >= 4 is 21.6 Å². The molecule has 2 aromatic carbocycles. The fourth-order valence-corrected chi connectivity index (χ4v) is 4.81. The Morgan fingerprint density at radius 3 is 2.53 bits per heavy atom. The van der Waals surface area contributed by atoms with E-state index in [9.17, 15) is 23.3 Å². The number of ether oxygens (including phenoxy) is 3. The van der Waals surface area contributed by atoms with Gasteiger partial charge in [0.15, 0.2) is 12.4 Å². The van der Waals surface area contributed by atoms with Crippen molar-refractivity contribution in [3.63, 3.8) is 0 Å². The molecule has 3 rings (SSSR count). The highest BCUT2D eigenvalue weighted by atomic mass is 32.2. The van der Waals surface area contributed by atoms with Crippen molar-refractivity contribution in [2.75, 3.05) is 53.2 Å². The molecule has 0 atom stereocenters.